The van der Waals surface area contributed by atoms with Gasteiger partial charge in [-0.05, 0) is 19.5 Å². The van der Waals surface area contributed by atoms with Crippen LogP contribution in [0, 0.1) is 0 Å². The van der Waals surface area contributed by atoms with E-state index in [4.69, 9.17) is 9.52 Å². The minimum Gasteiger partial charge on any atom is -0.478 e. The van der Waals surface area contributed by atoms with Crippen molar-refractivity contribution in [2.75, 3.05) is 13.6 Å². The van der Waals surface area contributed by atoms with Crippen molar-refractivity contribution < 1.29 is 14.3 Å². The molecular formula is C12H17NO3. The van der Waals surface area contributed by atoms with Gasteiger partial charge in [-0.25, -0.2) is 4.79 Å². The van der Waals surface area contributed by atoms with Crippen LogP contribution < -0.4 is 0 Å². The van der Waals surface area contributed by atoms with Crippen molar-refractivity contribution in [1.82, 2.24) is 4.90 Å². The molecule has 0 saturated heterocycles. The zero-order valence-electron chi connectivity index (χ0n) is 9.64. The molecule has 0 saturated carbocycles. The van der Waals surface area contributed by atoms with Crippen LogP contribution in [0.5, 0.6) is 0 Å². The highest BCUT2D eigenvalue weighted by Gasteiger charge is 2.05. The zero-order valence-corrected chi connectivity index (χ0v) is 9.64. The Bertz CT molecular complexity index is 354. The minimum absolute atomic E-state index is 0.457. The number of hydrogen-bond acceptors (Lipinski definition) is 3. The van der Waals surface area contributed by atoms with Crippen molar-refractivity contribution >= 4 is 5.97 Å². The molecule has 1 rings (SSSR count). The number of carboxylic acids is 1. The van der Waals surface area contributed by atoms with Crippen molar-refractivity contribution in [3.8, 4) is 0 Å². The van der Waals surface area contributed by atoms with E-state index in [1.807, 2.05) is 24.9 Å². The van der Waals surface area contributed by atoms with Crippen molar-refractivity contribution in [2.24, 2.45) is 0 Å². The minimum atomic E-state index is -0.834. The Morgan fingerprint density at radius 1 is 1.62 bits per heavy atom. The van der Waals surface area contributed by atoms with Gasteiger partial charge in [0.25, 0.3) is 0 Å². The van der Waals surface area contributed by atoms with E-state index in [-0.39, 0.29) is 0 Å². The number of likely N-dealkylation sites (N-methyl/N-ethyl adjacent to an activating group) is 1. The molecule has 0 aliphatic carbocycles. The number of rotatable bonds is 6. The van der Waals surface area contributed by atoms with Crippen molar-refractivity contribution in [2.45, 2.75) is 19.9 Å². The van der Waals surface area contributed by atoms with Crippen LogP contribution in [0.15, 0.2) is 34.7 Å². The Hall–Kier alpha value is -1.55. The van der Waals surface area contributed by atoms with Crippen LogP contribution >= 0.6 is 0 Å². The Balaban J connectivity index is 2.45. The lowest BCUT2D eigenvalue weighted by Gasteiger charge is -2.13. The van der Waals surface area contributed by atoms with Crippen LogP contribution in [0.25, 0.3) is 0 Å². The lowest BCUT2D eigenvalue weighted by molar-refractivity contribution is -0.132. The first-order valence-corrected chi connectivity index (χ1v) is 5.25. The van der Waals surface area contributed by atoms with Crippen LogP contribution in [0.1, 0.15) is 18.9 Å². The normalized spacial score (nSPS) is 12.1. The molecule has 0 aromatic carbocycles. The molecule has 1 aromatic heterocycles. The molecule has 1 N–H and O–H groups in total. The summed E-state index contributed by atoms with van der Waals surface area (Å²) in [6.07, 6.45) is 5.63. The van der Waals surface area contributed by atoms with Gasteiger partial charge in [-0.3, -0.25) is 4.90 Å². The third-order valence-electron chi connectivity index (χ3n) is 2.34. The Kier molecular flexibility index (Phi) is 4.79. The molecule has 1 heterocycles. The number of aliphatic carboxylic acids is 1. The number of carboxylic acid groups (broad SMARTS) is 1. The topological polar surface area (TPSA) is 53.7 Å². The molecule has 88 valence electrons. The van der Waals surface area contributed by atoms with Gasteiger partial charge in [0.15, 0.2) is 0 Å². The molecule has 0 bridgehead atoms. The third kappa shape index (κ3) is 3.90. The summed E-state index contributed by atoms with van der Waals surface area (Å²) >= 11 is 0. The average Bonchev–Trinajstić information content (AvgIpc) is 2.70. The number of furan rings is 1. The highest BCUT2D eigenvalue weighted by molar-refractivity contribution is 5.86. The molecule has 1 aromatic rings. The first-order chi connectivity index (χ1) is 7.63. The van der Waals surface area contributed by atoms with E-state index in [0.717, 1.165) is 12.1 Å². The van der Waals surface area contributed by atoms with Gasteiger partial charge >= 0.3 is 5.97 Å². The Labute approximate surface area is 95.2 Å². The van der Waals surface area contributed by atoms with Gasteiger partial charge in [0.1, 0.15) is 0 Å². The quantitative estimate of drug-likeness (QED) is 0.751. The summed E-state index contributed by atoms with van der Waals surface area (Å²) in [6, 6.07) is 1.90. The first kappa shape index (κ1) is 12.5. The van der Waals surface area contributed by atoms with Gasteiger partial charge < -0.3 is 9.52 Å². The van der Waals surface area contributed by atoms with Gasteiger partial charge in [0, 0.05) is 24.2 Å². The summed E-state index contributed by atoms with van der Waals surface area (Å²) in [7, 11) is 1.94. The fourth-order valence-corrected chi connectivity index (χ4v) is 1.41. The molecular weight excluding hydrogens is 206 g/mol. The van der Waals surface area contributed by atoms with Gasteiger partial charge in [0.2, 0.25) is 0 Å². The SMILES string of the molecule is CCC(=CCN(C)Cc1ccoc1)C(=O)O. The summed E-state index contributed by atoms with van der Waals surface area (Å²) in [5.41, 5.74) is 1.54. The second-order valence-corrected chi connectivity index (χ2v) is 3.72. The van der Waals surface area contributed by atoms with Gasteiger partial charge in [0.05, 0.1) is 12.5 Å². The maximum Gasteiger partial charge on any atom is 0.331 e. The number of hydrogen-bond donors (Lipinski definition) is 1. The number of nitrogens with zero attached hydrogens (tertiary/aromatic N) is 1. The first-order valence-electron chi connectivity index (χ1n) is 5.25. The summed E-state index contributed by atoms with van der Waals surface area (Å²) in [4.78, 5) is 12.8. The van der Waals surface area contributed by atoms with Gasteiger partial charge in [-0.1, -0.05) is 13.0 Å². The standard InChI is InChI=1S/C12H17NO3/c1-3-11(12(14)15)4-6-13(2)8-10-5-7-16-9-10/h4-5,7,9H,3,6,8H2,1-2H3,(H,14,15). The molecule has 0 amide bonds. The second-order valence-electron chi connectivity index (χ2n) is 3.72. The zero-order chi connectivity index (χ0) is 12.0. The average molecular weight is 223 g/mol. The fraction of sp³-hybridized carbons (Fsp3) is 0.417. The molecule has 0 spiro atoms. The van der Waals surface area contributed by atoms with E-state index >= 15 is 0 Å². The largest absolute Gasteiger partial charge is 0.478 e. The number of carbonyl (C=O) groups is 1. The summed E-state index contributed by atoms with van der Waals surface area (Å²) in [5.74, 6) is -0.834. The monoisotopic (exact) mass is 223 g/mol. The Morgan fingerprint density at radius 3 is 2.88 bits per heavy atom. The van der Waals surface area contributed by atoms with E-state index in [1.165, 1.54) is 0 Å². The van der Waals surface area contributed by atoms with Crippen LogP contribution in [0.3, 0.4) is 0 Å². The van der Waals surface area contributed by atoms with E-state index in [0.29, 0.717) is 18.5 Å². The molecule has 4 nitrogen and oxygen atoms in total. The highest BCUT2D eigenvalue weighted by atomic mass is 16.4. The van der Waals surface area contributed by atoms with Gasteiger partial charge in [-0.15, -0.1) is 0 Å². The molecule has 0 fully saturated rings. The van der Waals surface area contributed by atoms with Crippen LogP contribution in [-0.4, -0.2) is 29.6 Å². The van der Waals surface area contributed by atoms with E-state index in [2.05, 4.69) is 0 Å². The maximum absolute atomic E-state index is 10.8. The molecule has 0 atom stereocenters. The third-order valence-corrected chi connectivity index (χ3v) is 2.34. The molecule has 16 heavy (non-hydrogen) atoms. The molecule has 0 aliphatic rings. The van der Waals surface area contributed by atoms with E-state index in [9.17, 15) is 4.79 Å². The molecule has 0 unspecified atom stereocenters. The summed E-state index contributed by atoms with van der Waals surface area (Å²) < 4.78 is 4.96. The molecule has 0 radical (unpaired) electrons. The highest BCUT2D eigenvalue weighted by Crippen LogP contribution is 2.05. The second kappa shape index (κ2) is 6.12. The van der Waals surface area contributed by atoms with Gasteiger partial charge in [-0.2, -0.15) is 0 Å². The van der Waals surface area contributed by atoms with Crippen LogP contribution in [0.4, 0.5) is 0 Å². The lowest BCUT2D eigenvalue weighted by Crippen LogP contribution is -2.18. The van der Waals surface area contributed by atoms with Crippen molar-refractivity contribution in [3.63, 3.8) is 0 Å². The van der Waals surface area contributed by atoms with E-state index in [1.54, 1.807) is 18.6 Å². The van der Waals surface area contributed by atoms with Crippen LogP contribution in [0.2, 0.25) is 0 Å². The smallest absolute Gasteiger partial charge is 0.331 e. The van der Waals surface area contributed by atoms with E-state index < -0.39 is 5.97 Å². The van der Waals surface area contributed by atoms with Crippen molar-refractivity contribution in [1.29, 1.82) is 0 Å². The predicted molar refractivity (Wildman–Crippen MR) is 61.1 cm³/mol. The predicted octanol–water partition coefficient (Wildman–Crippen LogP) is 2.13. The summed E-state index contributed by atoms with van der Waals surface area (Å²) in [5, 5.41) is 8.84. The lowest BCUT2D eigenvalue weighted by atomic mass is 10.2. The fourth-order valence-electron chi connectivity index (χ4n) is 1.41. The maximum atomic E-state index is 10.8. The van der Waals surface area contributed by atoms with Crippen LogP contribution in [-0.2, 0) is 11.3 Å². The molecule has 4 heteroatoms. The molecule has 0 aliphatic heterocycles. The summed E-state index contributed by atoms with van der Waals surface area (Å²) in [6.45, 7) is 3.22. The Morgan fingerprint density at radius 2 is 2.38 bits per heavy atom. The van der Waals surface area contributed by atoms with Crippen molar-refractivity contribution in [3.05, 3.63) is 35.8 Å².